The number of anilines is 2. The van der Waals surface area contributed by atoms with Crippen molar-refractivity contribution < 1.29 is 23.7 Å². The summed E-state index contributed by atoms with van der Waals surface area (Å²) in [6, 6.07) is 20.8. The van der Waals surface area contributed by atoms with Gasteiger partial charge in [-0.3, -0.25) is 0 Å². The minimum Gasteiger partial charge on any atom is -0.462 e. The van der Waals surface area contributed by atoms with E-state index in [1.807, 2.05) is 30.3 Å². The van der Waals surface area contributed by atoms with Gasteiger partial charge in [0.1, 0.15) is 19.0 Å². The molecule has 1 aromatic heterocycles. The van der Waals surface area contributed by atoms with Gasteiger partial charge >= 0.3 is 12.1 Å². The third-order valence-electron chi connectivity index (χ3n) is 10.8. The van der Waals surface area contributed by atoms with Crippen molar-refractivity contribution in [1.29, 1.82) is 5.26 Å². The lowest BCUT2D eigenvalue weighted by atomic mass is 10.1. The first-order valence-corrected chi connectivity index (χ1v) is 18.9. The SMILES string of the molecule is CN1CCC[C@H]1COc1nc2c(c(N3CCN(C(=O)OCc4ccccc4)[C@@H](CC#N)C3)n1)CCCN(c1ccccc1COC1CCCCO1)C2. The molecule has 0 saturated carbocycles. The molecular weight excluding hydrogens is 658 g/mol. The van der Waals surface area contributed by atoms with Crippen molar-refractivity contribution in [3.05, 3.63) is 77.0 Å². The summed E-state index contributed by atoms with van der Waals surface area (Å²) in [6.45, 7) is 5.93. The fourth-order valence-electron chi connectivity index (χ4n) is 7.82. The van der Waals surface area contributed by atoms with E-state index >= 15 is 0 Å². The summed E-state index contributed by atoms with van der Waals surface area (Å²) in [5.74, 6) is 0.841. The number of nitrogens with zero attached hydrogens (tertiary/aromatic N) is 7. The molecule has 1 amide bonds. The highest BCUT2D eigenvalue weighted by Crippen LogP contribution is 2.34. The van der Waals surface area contributed by atoms with Crippen LogP contribution in [0.2, 0.25) is 0 Å². The van der Waals surface area contributed by atoms with Gasteiger partial charge in [0.15, 0.2) is 6.29 Å². The Kier molecular flexibility index (Phi) is 12.0. The molecular formula is C40H51N7O5. The second kappa shape index (κ2) is 17.4. The van der Waals surface area contributed by atoms with Crippen LogP contribution in [0.4, 0.5) is 16.3 Å². The number of hydrogen-bond donors (Lipinski definition) is 0. The van der Waals surface area contributed by atoms with Crippen molar-refractivity contribution in [1.82, 2.24) is 19.8 Å². The normalized spacial score (nSPS) is 22.4. The van der Waals surface area contributed by atoms with Gasteiger partial charge < -0.3 is 38.5 Å². The minimum absolute atomic E-state index is 0.156. The van der Waals surface area contributed by atoms with E-state index in [1.165, 1.54) is 0 Å². The Morgan fingerprint density at radius 3 is 2.60 bits per heavy atom. The highest BCUT2D eigenvalue weighted by atomic mass is 16.7. The number of likely N-dealkylation sites (N-methyl/N-ethyl adjacent to an activating group) is 1. The average molecular weight is 710 g/mol. The molecule has 3 atom stereocenters. The van der Waals surface area contributed by atoms with Crippen molar-refractivity contribution in [2.24, 2.45) is 0 Å². The maximum atomic E-state index is 13.3. The topological polar surface area (TPSA) is 117 Å². The number of amides is 1. The molecule has 0 bridgehead atoms. The summed E-state index contributed by atoms with van der Waals surface area (Å²) in [7, 11) is 2.14. The first-order valence-electron chi connectivity index (χ1n) is 18.9. The van der Waals surface area contributed by atoms with E-state index in [2.05, 4.69) is 52.1 Å². The lowest BCUT2D eigenvalue weighted by Crippen LogP contribution is -2.55. The summed E-state index contributed by atoms with van der Waals surface area (Å²) in [4.78, 5) is 32.1. The summed E-state index contributed by atoms with van der Waals surface area (Å²) in [5.41, 5.74) is 5.25. The van der Waals surface area contributed by atoms with Crippen molar-refractivity contribution in [2.45, 2.75) is 89.5 Å². The van der Waals surface area contributed by atoms with Crippen LogP contribution in [0, 0.1) is 11.3 Å². The quantitative estimate of drug-likeness (QED) is 0.245. The number of likely N-dealkylation sites (tertiary alicyclic amines) is 1. The number of nitriles is 1. The Morgan fingerprint density at radius 1 is 0.923 bits per heavy atom. The van der Waals surface area contributed by atoms with Crippen LogP contribution < -0.4 is 14.5 Å². The van der Waals surface area contributed by atoms with Crippen molar-refractivity contribution in [2.75, 3.05) is 62.8 Å². The van der Waals surface area contributed by atoms with E-state index in [0.717, 1.165) is 98.5 Å². The molecule has 276 valence electrons. The molecule has 52 heavy (non-hydrogen) atoms. The summed E-state index contributed by atoms with van der Waals surface area (Å²) in [6.07, 6.45) is 6.76. The Hall–Kier alpha value is -4.44. The van der Waals surface area contributed by atoms with Gasteiger partial charge in [-0.1, -0.05) is 48.5 Å². The average Bonchev–Trinajstić information content (AvgIpc) is 3.47. The van der Waals surface area contributed by atoms with E-state index in [-0.39, 0.29) is 25.4 Å². The maximum absolute atomic E-state index is 13.3. The fraction of sp³-hybridized carbons (Fsp3) is 0.550. The number of benzene rings is 2. The van der Waals surface area contributed by atoms with Crippen LogP contribution in [0.1, 0.15) is 67.3 Å². The highest BCUT2D eigenvalue weighted by molar-refractivity contribution is 5.69. The smallest absolute Gasteiger partial charge is 0.410 e. The molecule has 1 unspecified atom stereocenters. The van der Waals surface area contributed by atoms with Crippen molar-refractivity contribution >= 4 is 17.6 Å². The van der Waals surface area contributed by atoms with E-state index in [1.54, 1.807) is 4.90 Å². The molecule has 3 fully saturated rings. The highest BCUT2D eigenvalue weighted by Gasteiger charge is 2.35. The van der Waals surface area contributed by atoms with Gasteiger partial charge in [0.05, 0.1) is 37.4 Å². The zero-order chi connectivity index (χ0) is 35.7. The zero-order valence-electron chi connectivity index (χ0n) is 30.3. The van der Waals surface area contributed by atoms with E-state index in [9.17, 15) is 10.1 Å². The largest absolute Gasteiger partial charge is 0.462 e. The van der Waals surface area contributed by atoms with Crippen LogP contribution in [0.3, 0.4) is 0 Å². The van der Waals surface area contributed by atoms with Crippen molar-refractivity contribution in [3.8, 4) is 12.1 Å². The molecule has 0 N–H and O–H groups in total. The molecule has 0 aliphatic carbocycles. The number of para-hydroxylation sites is 1. The summed E-state index contributed by atoms with van der Waals surface area (Å²) < 4.78 is 24.2. The van der Waals surface area contributed by atoms with E-state index in [4.69, 9.17) is 28.9 Å². The van der Waals surface area contributed by atoms with Gasteiger partial charge in [-0.2, -0.15) is 15.2 Å². The molecule has 7 rings (SSSR count). The molecule has 12 heteroatoms. The number of aromatic nitrogens is 2. The monoisotopic (exact) mass is 709 g/mol. The van der Waals surface area contributed by atoms with Crippen LogP contribution in [-0.4, -0.2) is 97.2 Å². The Morgan fingerprint density at radius 2 is 1.79 bits per heavy atom. The van der Waals surface area contributed by atoms with Crippen LogP contribution in [0.15, 0.2) is 54.6 Å². The van der Waals surface area contributed by atoms with E-state index in [0.29, 0.717) is 51.4 Å². The third kappa shape index (κ3) is 8.77. The summed E-state index contributed by atoms with van der Waals surface area (Å²) in [5, 5.41) is 9.81. The lowest BCUT2D eigenvalue weighted by molar-refractivity contribution is -0.168. The van der Waals surface area contributed by atoms with E-state index < -0.39 is 6.09 Å². The number of carbonyl (C=O) groups excluding carboxylic acids is 1. The Labute approximate surface area is 307 Å². The first-order chi connectivity index (χ1) is 25.6. The minimum atomic E-state index is -0.400. The molecule has 5 heterocycles. The molecule has 12 nitrogen and oxygen atoms in total. The molecule has 3 aromatic rings. The van der Waals surface area contributed by atoms with Gasteiger partial charge in [-0.25, -0.2) is 4.79 Å². The predicted octanol–water partition coefficient (Wildman–Crippen LogP) is 5.69. The number of carbonyl (C=O) groups is 1. The number of ether oxygens (including phenoxy) is 4. The Balaban J connectivity index is 1.13. The lowest BCUT2D eigenvalue weighted by Gasteiger charge is -2.41. The zero-order valence-corrected chi connectivity index (χ0v) is 30.3. The van der Waals surface area contributed by atoms with Gasteiger partial charge in [0, 0.05) is 55.6 Å². The van der Waals surface area contributed by atoms with Crippen molar-refractivity contribution in [3.63, 3.8) is 0 Å². The van der Waals surface area contributed by atoms with Crippen LogP contribution in [0.25, 0.3) is 0 Å². The number of fused-ring (bicyclic) bond motifs is 1. The van der Waals surface area contributed by atoms with Gasteiger partial charge in [0.25, 0.3) is 0 Å². The molecule has 3 saturated heterocycles. The van der Waals surface area contributed by atoms with Gasteiger partial charge in [0.2, 0.25) is 0 Å². The molecule has 2 aromatic carbocycles. The second-order valence-electron chi connectivity index (χ2n) is 14.3. The molecule has 0 spiro atoms. The van der Waals surface area contributed by atoms with Crippen LogP contribution in [-0.2, 0) is 40.4 Å². The molecule has 4 aliphatic rings. The summed E-state index contributed by atoms with van der Waals surface area (Å²) >= 11 is 0. The first kappa shape index (κ1) is 35.9. The van der Waals surface area contributed by atoms with Crippen LogP contribution >= 0.6 is 0 Å². The van der Waals surface area contributed by atoms with Gasteiger partial charge in [-0.05, 0) is 70.2 Å². The molecule has 0 radical (unpaired) electrons. The molecule has 4 aliphatic heterocycles. The third-order valence-corrected chi connectivity index (χ3v) is 10.8. The Bertz CT molecular complexity index is 1680. The maximum Gasteiger partial charge on any atom is 0.410 e. The second-order valence-corrected chi connectivity index (χ2v) is 14.3. The predicted molar refractivity (Wildman–Crippen MR) is 197 cm³/mol. The fourth-order valence-corrected chi connectivity index (χ4v) is 7.82. The standard InChI is InChI=1S/C40H51N7O5/c1-44-20-9-14-33(44)29-51-39-42-35-26-45(36-16-6-5-13-31(36)28-50-37-17-7-8-24-49-37)21-10-15-34(35)38(43-39)46-22-23-47(32(25-46)18-19-41)40(48)52-27-30-11-3-2-4-12-30/h2-6,11-13,16,32-33,37H,7-10,14-15,17-18,20-29H2,1H3/t32-,33-,37?/m0/s1. The number of rotatable bonds is 11. The number of hydrogen-bond acceptors (Lipinski definition) is 11. The van der Waals surface area contributed by atoms with Crippen LogP contribution in [0.5, 0.6) is 6.01 Å². The van der Waals surface area contributed by atoms with Gasteiger partial charge in [-0.15, -0.1) is 0 Å². The number of piperazine rings is 1.